The van der Waals surface area contributed by atoms with Gasteiger partial charge in [0.05, 0.1) is 22.2 Å². The van der Waals surface area contributed by atoms with Crippen LogP contribution in [0.2, 0.25) is 0 Å². The van der Waals surface area contributed by atoms with E-state index < -0.39 is 11.2 Å². The SMILES string of the molecule is CC(C)(O)C(C)(C)O[B]c1cccc(-c2cccc3c2c2ccccc2n3-c2ccccc2)c1. The van der Waals surface area contributed by atoms with Crippen LogP contribution in [0.5, 0.6) is 0 Å². The maximum Gasteiger partial charge on any atom is 0.330 e. The fourth-order valence-corrected chi connectivity index (χ4v) is 4.25. The Labute approximate surface area is 201 Å². The summed E-state index contributed by atoms with van der Waals surface area (Å²) in [5, 5.41) is 12.9. The highest BCUT2D eigenvalue weighted by Gasteiger charge is 2.35. The van der Waals surface area contributed by atoms with E-state index >= 15 is 0 Å². The molecule has 169 valence electrons. The Kier molecular flexibility index (Phi) is 5.59. The maximum atomic E-state index is 10.4. The largest absolute Gasteiger partial charge is 0.427 e. The first-order valence-electron chi connectivity index (χ1n) is 11.7. The first kappa shape index (κ1) is 22.5. The molecule has 0 aliphatic carbocycles. The molecule has 1 N–H and O–H groups in total. The molecule has 4 aromatic carbocycles. The Balaban J connectivity index is 1.63. The van der Waals surface area contributed by atoms with Gasteiger partial charge >= 0.3 is 7.48 Å². The number of hydrogen-bond acceptors (Lipinski definition) is 2. The van der Waals surface area contributed by atoms with Gasteiger partial charge in [0.2, 0.25) is 0 Å². The molecule has 3 nitrogen and oxygen atoms in total. The number of benzene rings is 4. The van der Waals surface area contributed by atoms with Crippen LogP contribution >= 0.6 is 0 Å². The van der Waals surface area contributed by atoms with E-state index in [1.165, 1.54) is 27.4 Å². The van der Waals surface area contributed by atoms with Gasteiger partial charge in [-0.05, 0) is 63.1 Å². The summed E-state index contributed by atoms with van der Waals surface area (Å²) in [7, 11) is 1.74. The molecule has 1 heterocycles. The summed E-state index contributed by atoms with van der Waals surface area (Å²) in [6, 6.07) is 33.9. The van der Waals surface area contributed by atoms with Gasteiger partial charge in [0.15, 0.2) is 0 Å². The van der Waals surface area contributed by atoms with Gasteiger partial charge < -0.3 is 14.3 Å². The quantitative estimate of drug-likeness (QED) is 0.313. The van der Waals surface area contributed by atoms with Crippen molar-refractivity contribution in [2.45, 2.75) is 38.9 Å². The highest BCUT2D eigenvalue weighted by Crippen LogP contribution is 2.38. The van der Waals surface area contributed by atoms with Crippen LogP contribution < -0.4 is 5.46 Å². The van der Waals surface area contributed by atoms with E-state index in [0.29, 0.717) is 0 Å². The van der Waals surface area contributed by atoms with Crippen LogP contribution in [0.1, 0.15) is 27.7 Å². The molecule has 0 aliphatic heterocycles. The molecule has 0 aliphatic rings. The first-order chi connectivity index (χ1) is 16.3. The molecule has 0 bridgehead atoms. The maximum absolute atomic E-state index is 10.4. The van der Waals surface area contributed by atoms with Crippen LogP contribution in [-0.4, -0.2) is 28.4 Å². The van der Waals surface area contributed by atoms with Crippen molar-refractivity contribution in [3.05, 3.63) is 97.1 Å². The lowest BCUT2D eigenvalue weighted by Gasteiger charge is -2.37. The van der Waals surface area contributed by atoms with Crippen LogP contribution in [0.4, 0.5) is 0 Å². The summed E-state index contributed by atoms with van der Waals surface area (Å²) in [5.74, 6) is 0. The van der Waals surface area contributed by atoms with Crippen molar-refractivity contribution in [3.8, 4) is 16.8 Å². The van der Waals surface area contributed by atoms with Gasteiger partial charge in [-0.15, -0.1) is 0 Å². The Morgan fingerprint density at radius 2 is 1.41 bits per heavy atom. The number of aromatic nitrogens is 1. The first-order valence-corrected chi connectivity index (χ1v) is 11.7. The fourth-order valence-electron chi connectivity index (χ4n) is 4.25. The molecule has 0 unspecified atom stereocenters. The highest BCUT2D eigenvalue weighted by molar-refractivity contribution is 6.47. The summed E-state index contributed by atoms with van der Waals surface area (Å²) < 4.78 is 8.34. The van der Waals surface area contributed by atoms with Gasteiger partial charge in [0.25, 0.3) is 0 Å². The molecule has 5 rings (SSSR count). The van der Waals surface area contributed by atoms with Crippen molar-refractivity contribution in [2.75, 3.05) is 0 Å². The second kappa shape index (κ2) is 8.46. The summed E-state index contributed by atoms with van der Waals surface area (Å²) in [6.07, 6.45) is 0. The Bertz CT molecular complexity index is 1460. The minimum Gasteiger partial charge on any atom is -0.427 e. The molecule has 0 saturated carbocycles. The lowest BCUT2D eigenvalue weighted by molar-refractivity contribution is -0.0893. The third kappa shape index (κ3) is 3.94. The number of aliphatic hydroxyl groups is 1. The molecule has 0 amide bonds. The van der Waals surface area contributed by atoms with Crippen molar-refractivity contribution in [1.82, 2.24) is 4.57 Å². The van der Waals surface area contributed by atoms with E-state index in [0.717, 1.165) is 16.7 Å². The van der Waals surface area contributed by atoms with Crippen LogP contribution in [0.25, 0.3) is 38.6 Å². The molecule has 0 fully saturated rings. The normalized spacial score (nSPS) is 12.4. The van der Waals surface area contributed by atoms with Gasteiger partial charge in [-0.3, -0.25) is 0 Å². The topological polar surface area (TPSA) is 34.4 Å². The van der Waals surface area contributed by atoms with Crippen molar-refractivity contribution in [1.29, 1.82) is 0 Å². The van der Waals surface area contributed by atoms with E-state index in [2.05, 4.69) is 89.5 Å². The second-order valence-corrected chi connectivity index (χ2v) is 9.82. The minimum atomic E-state index is -0.966. The number of nitrogens with zero attached hydrogens (tertiary/aromatic N) is 1. The molecule has 4 heteroatoms. The monoisotopic (exact) mass is 446 g/mol. The van der Waals surface area contributed by atoms with Crippen molar-refractivity contribution >= 4 is 34.8 Å². The average molecular weight is 446 g/mol. The second-order valence-electron chi connectivity index (χ2n) is 9.82. The van der Waals surface area contributed by atoms with Gasteiger partial charge in [0.1, 0.15) is 0 Å². The Morgan fingerprint density at radius 1 is 0.735 bits per heavy atom. The van der Waals surface area contributed by atoms with E-state index in [9.17, 15) is 5.11 Å². The molecular weight excluding hydrogens is 417 g/mol. The Hall–Kier alpha value is -3.34. The predicted molar refractivity (Wildman–Crippen MR) is 143 cm³/mol. The van der Waals surface area contributed by atoms with Gasteiger partial charge in [-0.2, -0.15) is 0 Å². The van der Waals surface area contributed by atoms with Crippen LogP contribution in [0, 0.1) is 0 Å². The summed E-state index contributed by atoms with van der Waals surface area (Å²) in [6.45, 7) is 7.32. The Morgan fingerprint density at radius 3 is 2.18 bits per heavy atom. The lowest BCUT2D eigenvalue weighted by Crippen LogP contribution is -2.49. The summed E-state index contributed by atoms with van der Waals surface area (Å²) in [5.41, 5.74) is 5.10. The number of rotatable bonds is 6. The van der Waals surface area contributed by atoms with Crippen molar-refractivity contribution in [3.63, 3.8) is 0 Å². The van der Waals surface area contributed by atoms with Crippen molar-refractivity contribution in [2.24, 2.45) is 0 Å². The van der Waals surface area contributed by atoms with E-state index in [1.807, 2.05) is 26.0 Å². The standard InChI is InChI=1S/C30H29BNO2/c1-29(2,33)30(3,4)34-31-22-13-10-12-21(20-22)24-17-11-19-27-28(24)25-16-8-9-18-26(25)32(27)23-14-6-5-7-15-23/h5-20,33H,1-4H3. The molecule has 34 heavy (non-hydrogen) atoms. The molecule has 1 aromatic heterocycles. The van der Waals surface area contributed by atoms with Crippen LogP contribution in [-0.2, 0) is 4.65 Å². The predicted octanol–water partition coefficient (Wildman–Crippen LogP) is 6.26. The molecule has 1 radical (unpaired) electrons. The van der Waals surface area contributed by atoms with Crippen molar-refractivity contribution < 1.29 is 9.76 Å². The van der Waals surface area contributed by atoms with Crippen LogP contribution in [0.15, 0.2) is 97.1 Å². The fraction of sp³-hybridized carbons (Fsp3) is 0.200. The average Bonchev–Trinajstić information content (AvgIpc) is 3.17. The summed E-state index contributed by atoms with van der Waals surface area (Å²) in [4.78, 5) is 0. The zero-order chi connectivity index (χ0) is 23.9. The van der Waals surface area contributed by atoms with E-state index in [-0.39, 0.29) is 0 Å². The van der Waals surface area contributed by atoms with Crippen LogP contribution in [0.3, 0.4) is 0 Å². The zero-order valence-electron chi connectivity index (χ0n) is 20.1. The number of fused-ring (bicyclic) bond motifs is 3. The van der Waals surface area contributed by atoms with E-state index in [4.69, 9.17) is 4.65 Å². The third-order valence-corrected chi connectivity index (χ3v) is 6.87. The molecule has 0 atom stereocenters. The smallest absolute Gasteiger partial charge is 0.330 e. The molecule has 0 spiro atoms. The highest BCUT2D eigenvalue weighted by atomic mass is 16.5. The van der Waals surface area contributed by atoms with Gasteiger partial charge in [0, 0.05) is 16.5 Å². The molecule has 5 aromatic rings. The molecular formula is C30H29BNO2. The zero-order valence-corrected chi connectivity index (χ0v) is 20.1. The third-order valence-electron chi connectivity index (χ3n) is 6.87. The lowest BCUT2D eigenvalue weighted by atomic mass is 9.81. The molecule has 0 saturated heterocycles. The van der Waals surface area contributed by atoms with Gasteiger partial charge in [-0.25, -0.2) is 0 Å². The summed E-state index contributed by atoms with van der Waals surface area (Å²) >= 11 is 0. The minimum absolute atomic E-state index is 0.716. The van der Waals surface area contributed by atoms with Gasteiger partial charge in [-0.1, -0.05) is 78.3 Å². The van der Waals surface area contributed by atoms with E-state index in [1.54, 1.807) is 21.3 Å². The number of hydrogen-bond donors (Lipinski definition) is 1. The number of para-hydroxylation sites is 2.